The monoisotopic (exact) mass is 394 g/mol. The van der Waals surface area contributed by atoms with Crippen molar-refractivity contribution >= 4 is 11.5 Å². The van der Waals surface area contributed by atoms with Crippen LogP contribution in [0.1, 0.15) is 0 Å². The lowest BCUT2D eigenvalue weighted by Gasteiger charge is -2.17. The third-order valence-corrected chi connectivity index (χ3v) is 3.78. The second kappa shape index (κ2) is 7.59. The first-order valence-electron chi connectivity index (χ1n) is 7.96. The van der Waals surface area contributed by atoms with E-state index in [1.807, 2.05) is 0 Å². The van der Waals surface area contributed by atoms with Crippen LogP contribution in [0.2, 0.25) is 0 Å². The lowest BCUT2D eigenvalue weighted by atomic mass is 10.3. The molecule has 2 aromatic carbocycles. The van der Waals surface area contributed by atoms with Gasteiger partial charge < -0.3 is 15.4 Å². The van der Waals surface area contributed by atoms with Crippen molar-refractivity contribution in [1.82, 2.24) is 9.55 Å². The summed E-state index contributed by atoms with van der Waals surface area (Å²) in [6.07, 6.45) is 0. The van der Waals surface area contributed by atoms with E-state index in [0.29, 0.717) is 12.1 Å². The standard InChI is InChI=1S/C18H14F4N4O2/c1-23-15-16(24-2)25-18(28-13-8-10(20)7-12(21)14(13)22)26(17(15)27)11-5-3-9(19)4-6-11/h3-8,23-24H,1-2H3. The highest BCUT2D eigenvalue weighted by molar-refractivity contribution is 5.64. The minimum absolute atomic E-state index is 0.0464. The van der Waals surface area contributed by atoms with Crippen LogP contribution in [-0.2, 0) is 0 Å². The molecule has 0 unspecified atom stereocenters. The average Bonchev–Trinajstić information content (AvgIpc) is 2.66. The van der Waals surface area contributed by atoms with E-state index in [1.165, 1.54) is 26.2 Å². The maximum Gasteiger partial charge on any atom is 0.311 e. The Kier molecular flexibility index (Phi) is 5.21. The van der Waals surface area contributed by atoms with E-state index >= 15 is 0 Å². The van der Waals surface area contributed by atoms with E-state index in [1.54, 1.807) is 0 Å². The van der Waals surface area contributed by atoms with Gasteiger partial charge in [0.25, 0.3) is 5.56 Å². The SMILES string of the molecule is CNc1nc(Oc2cc(F)cc(F)c2F)n(-c2ccc(F)cc2)c(=O)c1NC. The van der Waals surface area contributed by atoms with Gasteiger partial charge in [-0.2, -0.15) is 9.37 Å². The van der Waals surface area contributed by atoms with Crippen LogP contribution in [0.25, 0.3) is 5.69 Å². The Morgan fingerprint density at radius 3 is 2.25 bits per heavy atom. The van der Waals surface area contributed by atoms with Crippen LogP contribution in [0, 0.1) is 23.3 Å². The number of rotatable bonds is 5. The van der Waals surface area contributed by atoms with Gasteiger partial charge >= 0.3 is 6.01 Å². The van der Waals surface area contributed by atoms with Crippen LogP contribution in [0.3, 0.4) is 0 Å². The number of hydrogen-bond acceptors (Lipinski definition) is 5. The normalized spacial score (nSPS) is 10.6. The molecule has 28 heavy (non-hydrogen) atoms. The summed E-state index contributed by atoms with van der Waals surface area (Å²) in [5.41, 5.74) is -0.476. The fraction of sp³-hybridized carbons (Fsp3) is 0.111. The Bertz CT molecular complexity index is 1080. The minimum atomic E-state index is -1.47. The minimum Gasteiger partial charge on any atom is -0.422 e. The van der Waals surface area contributed by atoms with Crippen LogP contribution >= 0.6 is 0 Å². The largest absolute Gasteiger partial charge is 0.422 e. The van der Waals surface area contributed by atoms with Gasteiger partial charge in [0, 0.05) is 26.2 Å². The van der Waals surface area contributed by atoms with Crippen molar-refractivity contribution in [1.29, 1.82) is 0 Å². The van der Waals surface area contributed by atoms with Gasteiger partial charge in [-0.25, -0.2) is 17.7 Å². The predicted molar refractivity (Wildman–Crippen MR) is 95.3 cm³/mol. The molecule has 3 rings (SSSR count). The van der Waals surface area contributed by atoms with Crippen molar-refractivity contribution < 1.29 is 22.3 Å². The number of benzene rings is 2. The molecule has 0 bridgehead atoms. The number of hydrogen-bond donors (Lipinski definition) is 2. The summed E-state index contributed by atoms with van der Waals surface area (Å²) in [6, 6.07) is 5.22. The molecule has 1 aromatic heterocycles. The van der Waals surface area contributed by atoms with Crippen molar-refractivity contribution in [2.24, 2.45) is 0 Å². The molecular formula is C18H14F4N4O2. The molecule has 0 saturated carbocycles. The highest BCUT2D eigenvalue weighted by Crippen LogP contribution is 2.29. The molecule has 0 atom stereocenters. The van der Waals surface area contributed by atoms with E-state index in [0.717, 1.165) is 16.7 Å². The number of halogens is 4. The van der Waals surface area contributed by atoms with Crippen LogP contribution < -0.4 is 20.9 Å². The molecule has 0 radical (unpaired) electrons. The Morgan fingerprint density at radius 2 is 1.64 bits per heavy atom. The molecule has 0 spiro atoms. The summed E-state index contributed by atoms with van der Waals surface area (Å²) in [5, 5.41) is 5.34. The van der Waals surface area contributed by atoms with Crippen molar-refractivity contribution in [2.75, 3.05) is 24.7 Å². The van der Waals surface area contributed by atoms with Crippen LogP contribution in [-0.4, -0.2) is 23.6 Å². The lowest BCUT2D eigenvalue weighted by Crippen LogP contribution is -2.25. The van der Waals surface area contributed by atoms with Crippen LogP contribution in [0.4, 0.5) is 29.1 Å². The number of ether oxygens (including phenoxy) is 1. The average molecular weight is 394 g/mol. The zero-order valence-corrected chi connectivity index (χ0v) is 14.7. The van der Waals surface area contributed by atoms with E-state index in [9.17, 15) is 22.4 Å². The van der Waals surface area contributed by atoms with E-state index in [4.69, 9.17) is 4.74 Å². The van der Waals surface area contributed by atoms with Gasteiger partial charge in [0.1, 0.15) is 17.3 Å². The fourth-order valence-corrected chi connectivity index (χ4v) is 2.50. The molecule has 146 valence electrons. The fourth-order valence-electron chi connectivity index (χ4n) is 2.50. The molecule has 3 aromatic rings. The second-order valence-corrected chi connectivity index (χ2v) is 5.54. The number of anilines is 2. The van der Waals surface area contributed by atoms with Gasteiger partial charge in [0.2, 0.25) is 5.82 Å². The predicted octanol–water partition coefficient (Wildman–Crippen LogP) is 3.66. The van der Waals surface area contributed by atoms with Gasteiger partial charge in [-0.3, -0.25) is 4.79 Å². The molecular weight excluding hydrogens is 380 g/mol. The number of aromatic nitrogens is 2. The Balaban J connectivity index is 2.26. The molecule has 0 fully saturated rings. The Morgan fingerprint density at radius 1 is 0.964 bits per heavy atom. The van der Waals surface area contributed by atoms with E-state index in [2.05, 4.69) is 15.6 Å². The van der Waals surface area contributed by atoms with Gasteiger partial charge in [0.15, 0.2) is 17.4 Å². The molecule has 0 saturated heterocycles. The third kappa shape index (κ3) is 3.48. The van der Waals surface area contributed by atoms with Crippen molar-refractivity contribution in [2.45, 2.75) is 0 Å². The topological polar surface area (TPSA) is 68.2 Å². The molecule has 0 amide bonds. The molecule has 0 aliphatic heterocycles. The molecule has 2 N–H and O–H groups in total. The summed E-state index contributed by atoms with van der Waals surface area (Å²) in [6.45, 7) is 0. The molecule has 1 heterocycles. The van der Waals surface area contributed by atoms with Gasteiger partial charge in [-0.1, -0.05) is 0 Å². The van der Waals surface area contributed by atoms with Gasteiger partial charge in [-0.05, 0) is 24.3 Å². The summed E-state index contributed by atoms with van der Waals surface area (Å²) in [5.74, 6) is -5.30. The van der Waals surface area contributed by atoms with E-state index in [-0.39, 0.29) is 17.2 Å². The lowest BCUT2D eigenvalue weighted by molar-refractivity contribution is 0.377. The van der Waals surface area contributed by atoms with Crippen LogP contribution in [0.5, 0.6) is 11.8 Å². The molecule has 6 nitrogen and oxygen atoms in total. The smallest absolute Gasteiger partial charge is 0.311 e. The highest BCUT2D eigenvalue weighted by atomic mass is 19.2. The summed E-state index contributed by atoms with van der Waals surface area (Å²) in [4.78, 5) is 17.0. The highest BCUT2D eigenvalue weighted by Gasteiger charge is 2.21. The molecule has 10 heteroatoms. The van der Waals surface area contributed by atoms with Crippen molar-refractivity contribution in [3.63, 3.8) is 0 Å². The number of nitrogens with one attached hydrogen (secondary N) is 2. The molecule has 0 aliphatic rings. The first kappa shape index (κ1) is 19.2. The first-order chi connectivity index (χ1) is 13.3. The second-order valence-electron chi connectivity index (χ2n) is 5.54. The zero-order chi connectivity index (χ0) is 20.4. The Hall–Kier alpha value is -3.56. The quantitative estimate of drug-likeness (QED) is 0.511. The number of nitrogens with zero attached hydrogens (tertiary/aromatic N) is 2. The van der Waals surface area contributed by atoms with Crippen molar-refractivity contribution in [3.8, 4) is 17.4 Å². The maximum absolute atomic E-state index is 14.0. The first-order valence-corrected chi connectivity index (χ1v) is 7.96. The maximum atomic E-state index is 14.0. The van der Waals surface area contributed by atoms with Crippen molar-refractivity contribution in [3.05, 3.63) is 70.0 Å². The van der Waals surface area contributed by atoms with Crippen LogP contribution in [0.15, 0.2) is 41.2 Å². The third-order valence-electron chi connectivity index (χ3n) is 3.78. The van der Waals surface area contributed by atoms with Gasteiger partial charge in [0.05, 0.1) is 5.69 Å². The molecule has 0 aliphatic carbocycles. The summed E-state index contributed by atoms with van der Waals surface area (Å²) >= 11 is 0. The Labute approximate surface area is 156 Å². The van der Waals surface area contributed by atoms with Gasteiger partial charge in [-0.15, -0.1) is 0 Å². The summed E-state index contributed by atoms with van der Waals surface area (Å²) < 4.78 is 60.4. The van der Waals surface area contributed by atoms with E-state index < -0.39 is 40.6 Å². The zero-order valence-electron chi connectivity index (χ0n) is 14.7. The summed E-state index contributed by atoms with van der Waals surface area (Å²) in [7, 11) is 2.97.